The minimum atomic E-state index is -0.375. The Kier molecular flexibility index (Phi) is 7.69. The molecule has 1 atom stereocenters. The zero-order chi connectivity index (χ0) is 15.7. The average Bonchev–Trinajstić information content (AvgIpc) is 2.46. The van der Waals surface area contributed by atoms with Crippen LogP contribution in [0, 0.1) is 25.2 Å². The molecule has 0 aromatic carbocycles. The van der Waals surface area contributed by atoms with E-state index in [1.165, 1.54) is 0 Å². The molecule has 0 amide bonds. The van der Waals surface area contributed by atoms with Crippen LogP contribution in [-0.2, 0) is 0 Å². The molecular weight excluding hydrogens is 280 g/mol. The highest BCUT2D eigenvalue weighted by atomic mass is 32.2. The van der Waals surface area contributed by atoms with Gasteiger partial charge in [-0.15, -0.1) is 0 Å². The van der Waals surface area contributed by atoms with Gasteiger partial charge in [-0.25, -0.2) is 9.97 Å². The third-order valence-electron chi connectivity index (χ3n) is 3.47. The summed E-state index contributed by atoms with van der Waals surface area (Å²) >= 11 is 1.67. The van der Waals surface area contributed by atoms with Crippen LogP contribution in [0.5, 0.6) is 0 Å². The minimum absolute atomic E-state index is 0.375. The molecule has 0 radical (unpaired) electrons. The predicted molar refractivity (Wildman–Crippen MR) is 88.4 cm³/mol. The number of aromatic nitrogens is 2. The number of nitriles is 1. The zero-order valence-electron chi connectivity index (χ0n) is 13.6. The third kappa shape index (κ3) is 6.03. The van der Waals surface area contributed by atoms with E-state index in [0.717, 1.165) is 54.5 Å². The normalized spacial score (nSPS) is 13.7. The van der Waals surface area contributed by atoms with Crippen molar-refractivity contribution in [3.63, 3.8) is 0 Å². The summed E-state index contributed by atoms with van der Waals surface area (Å²) < 4.78 is 0. The first-order chi connectivity index (χ1) is 10.0. The van der Waals surface area contributed by atoms with E-state index in [1.54, 1.807) is 11.8 Å². The fraction of sp³-hybridized carbons (Fsp3) is 0.688. The number of nitrogens with one attached hydrogen (secondary N) is 1. The van der Waals surface area contributed by atoms with Gasteiger partial charge in [-0.1, -0.05) is 25.6 Å². The first-order valence-corrected chi connectivity index (χ1v) is 8.65. The molecule has 0 spiro atoms. The lowest BCUT2D eigenvalue weighted by molar-refractivity contribution is 0.371. The van der Waals surface area contributed by atoms with E-state index in [1.807, 2.05) is 19.9 Å². The molecule has 0 fully saturated rings. The van der Waals surface area contributed by atoms with Crippen molar-refractivity contribution in [2.45, 2.75) is 64.1 Å². The van der Waals surface area contributed by atoms with Crippen LogP contribution in [0.25, 0.3) is 0 Å². The molecule has 1 N–H and O–H groups in total. The van der Waals surface area contributed by atoms with E-state index in [4.69, 9.17) is 0 Å². The molecule has 1 heterocycles. The fourth-order valence-corrected chi connectivity index (χ4v) is 3.11. The van der Waals surface area contributed by atoms with Crippen LogP contribution in [0.15, 0.2) is 11.2 Å². The second kappa shape index (κ2) is 9.01. The topological polar surface area (TPSA) is 61.6 Å². The van der Waals surface area contributed by atoms with Crippen LogP contribution in [0.3, 0.4) is 0 Å². The van der Waals surface area contributed by atoms with Gasteiger partial charge in [0.25, 0.3) is 0 Å². The first kappa shape index (κ1) is 17.9. The van der Waals surface area contributed by atoms with E-state index in [-0.39, 0.29) is 5.54 Å². The Morgan fingerprint density at radius 3 is 2.48 bits per heavy atom. The Bertz CT molecular complexity index is 463. The average molecular weight is 306 g/mol. The van der Waals surface area contributed by atoms with Gasteiger partial charge in [-0.2, -0.15) is 5.26 Å². The summed E-state index contributed by atoms with van der Waals surface area (Å²) in [4.78, 5) is 8.86. The Morgan fingerprint density at radius 1 is 1.29 bits per heavy atom. The Balaban J connectivity index is 2.46. The molecule has 1 aromatic rings. The second-order valence-corrected chi connectivity index (χ2v) is 6.42. The molecule has 4 nitrogen and oxygen atoms in total. The maximum atomic E-state index is 9.45. The van der Waals surface area contributed by atoms with Crippen molar-refractivity contribution >= 4 is 11.8 Å². The monoisotopic (exact) mass is 306 g/mol. The van der Waals surface area contributed by atoms with Gasteiger partial charge >= 0.3 is 0 Å². The van der Waals surface area contributed by atoms with Gasteiger partial charge in [0.1, 0.15) is 5.54 Å². The summed E-state index contributed by atoms with van der Waals surface area (Å²) in [6, 6.07) is 4.45. The highest BCUT2D eigenvalue weighted by Gasteiger charge is 2.26. The molecule has 1 aromatic heterocycles. The van der Waals surface area contributed by atoms with Crippen molar-refractivity contribution in [3.8, 4) is 6.07 Å². The van der Waals surface area contributed by atoms with Crippen molar-refractivity contribution in [2.75, 3.05) is 12.3 Å². The molecule has 0 saturated carbocycles. The molecule has 5 heteroatoms. The summed E-state index contributed by atoms with van der Waals surface area (Å²) in [5, 5.41) is 13.7. The molecule has 0 aliphatic heterocycles. The highest BCUT2D eigenvalue weighted by molar-refractivity contribution is 7.99. The predicted octanol–water partition coefficient (Wildman–Crippen LogP) is 3.64. The number of aryl methyl sites for hydroxylation is 2. The molecule has 116 valence electrons. The van der Waals surface area contributed by atoms with Gasteiger partial charge in [0.15, 0.2) is 5.16 Å². The summed E-state index contributed by atoms with van der Waals surface area (Å²) in [5.74, 6) is 0.945. The third-order valence-corrected chi connectivity index (χ3v) is 4.41. The van der Waals surface area contributed by atoms with Crippen LogP contribution in [0.1, 0.15) is 50.9 Å². The molecule has 1 unspecified atom stereocenters. The Hall–Kier alpha value is -1.12. The summed E-state index contributed by atoms with van der Waals surface area (Å²) in [7, 11) is 0. The Morgan fingerprint density at radius 2 is 1.95 bits per heavy atom. The number of hydrogen-bond donors (Lipinski definition) is 1. The van der Waals surface area contributed by atoms with Gasteiger partial charge in [0, 0.05) is 17.1 Å². The minimum Gasteiger partial charge on any atom is -0.299 e. The molecule has 21 heavy (non-hydrogen) atoms. The lowest BCUT2D eigenvalue weighted by atomic mass is 9.92. The molecule has 1 rings (SSSR count). The standard InChI is InChI=1S/C16H26N4S/c1-5-9-18-16(6-2,12-17)8-7-10-21-15-19-13(3)11-14(4)20-15/h11,18H,5-10H2,1-4H3. The first-order valence-electron chi connectivity index (χ1n) is 7.66. The van der Waals surface area contributed by atoms with Gasteiger partial charge < -0.3 is 0 Å². The number of rotatable bonds is 9. The molecule has 0 saturated heterocycles. The fourth-order valence-electron chi connectivity index (χ4n) is 2.22. The number of nitrogens with zero attached hydrogens (tertiary/aromatic N) is 3. The quantitative estimate of drug-likeness (QED) is 0.429. The van der Waals surface area contributed by atoms with Gasteiger partial charge in [-0.05, 0) is 52.1 Å². The van der Waals surface area contributed by atoms with E-state index < -0.39 is 0 Å². The van der Waals surface area contributed by atoms with Crippen LogP contribution in [0.4, 0.5) is 0 Å². The van der Waals surface area contributed by atoms with Gasteiger partial charge in [-0.3, -0.25) is 5.32 Å². The van der Waals surface area contributed by atoms with Crippen LogP contribution in [0.2, 0.25) is 0 Å². The highest BCUT2D eigenvalue weighted by Crippen LogP contribution is 2.21. The maximum absolute atomic E-state index is 9.45. The zero-order valence-corrected chi connectivity index (χ0v) is 14.4. The molecular formula is C16H26N4S. The van der Waals surface area contributed by atoms with Crippen molar-refractivity contribution < 1.29 is 0 Å². The van der Waals surface area contributed by atoms with Crippen molar-refractivity contribution in [1.29, 1.82) is 5.26 Å². The molecule has 0 aliphatic carbocycles. The number of thioether (sulfide) groups is 1. The lowest BCUT2D eigenvalue weighted by Gasteiger charge is -2.26. The van der Waals surface area contributed by atoms with Crippen LogP contribution in [-0.4, -0.2) is 27.8 Å². The smallest absolute Gasteiger partial charge is 0.187 e. The van der Waals surface area contributed by atoms with E-state index in [2.05, 4.69) is 35.2 Å². The van der Waals surface area contributed by atoms with E-state index in [0.29, 0.717) is 0 Å². The van der Waals surface area contributed by atoms with Crippen LogP contribution >= 0.6 is 11.8 Å². The summed E-state index contributed by atoms with van der Waals surface area (Å²) in [5.41, 5.74) is 1.64. The molecule has 0 bridgehead atoms. The van der Waals surface area contributed by atoms with Crippen molar-refractivity contribution in [3.05, 3.63) is 17.5 Å². The maximum Gasteiger partial charge on any atom is 0.187 e. The number of hydrogen-bond acceptors (Lipinski definition) is 5. The van der Waals surface area contributed by atoms with Gasteiger partial charge in [0.05, 0.1) is 6.07 Å². The van der Waals surface area contributed by atoms with Gasteiger partial charge in [0.2, 0.25) is 0 Å². The van der Waals surface area contributed by atoms with Crippen LogP contribution < -0.4 is 5.32 Å². The Labute approximate surface area is 132 Å². The summed E-state index contributed by atoms with van der Waals surface area (Å²) in [6.07, 6.45) is 3.75. The SMILES string of the molecule is CCCNC(C#N)(CC)CCCSc1nc(C)cc(C)n1. The van der Waals surface area contributed by atoms with Crippen molar-refractivity contribution in [2.24, 2.45) is 0 Å². The molecule has 0 aliphatic rings. The van der Waals surface area contributed by atoms with Crippen molar-refractivity contribution in [1.82, 2.24) is 15.3 Å². The van der Waals surface area contributed by atoms with E-state index in [9.17, 15) is 5.26 Å². The summed E-state index contributed by atoms with van der Waals surface area (Å²) in [6.45, 7) is 9.08. The largest absolute Gasteiger partial charge is 0.299 e. The second-order valence-electron chi connectivity index (χ2n) is 5.36. The van der Waals surface area contributed by atoms with E-state index >= 15 is 0 Å². The lowest BCUT2D eigenvalue weighted by Crippen LogP contribution is -2.43.